The molecule has 0 aromatic rings. The van der Waals surface area contributed by atoms with Crippen molar-refractivity contribution in [2.24, 2.45) is 11.8 Å². The summed E-state index contributed by atoms with van der Waals surface area (Å²) in [7, 11) is 0. The normalized spacial score (nSPS) is 42.0. The smallest absolute Gasteiger partial charge is 0.0731 e. The third kappa shape index (κ3) is 4.92. The SMILES string of the molecule is C1CCC2CCC2CN2CCCOC3CCC(CC32)SNCCOC1. The lowest BCUT2D eigenvalue weighted by atomic mass is 9.70. The second-order valence-electron chi connectivity index (χ2n) is 8.48. The predicted octanol–water partition coefficient (Wildman–Crippen LogP) is 3.46. The summed E-state index contributed by atoms with van der Waals surface area (Å²) in [5.41, 5.74) is 0. The summed E-state index contributed by atoms with van der Waals surface area (Å²) in [5, 5.41) is 0.732. The molecule has 2 saturated heterocycles. The first-order chi connectivity index (χ1) is 12.4. The van der Waals surface area contributed by atoms with Crippen molar-refractivity contribution in [3.63, 3.8) is 0 Å². The Bertz CT molecular complexity index is 411. The van der Waals surface area contributed by atoms with Gasteiger partial charge < -0.3 is 9.47 Å². The summed E-state index contributed by atoms with van der Waals surface area (Å²) >= 11 is 1.96. The fraction of sp³-hybridized carbons (Fsp3) is 1.00. The van der Waals surface area contributed by atoms with Gasteiger partial charge in [0.05, 0.1) is 12.7 Å². The van der Waals surface area contributed by atoms with Crippen LogP contribution >= 0.6 is 11.9 Å². The summed E-state index contributed by atoms with van der Waals surface area (Å²) in [6.45, 7) is 6.33. The second-order valence-corrected chi connectivity index (χ2v) is 9.67. The first kappa shape index (κ1) is 18.5. The minimum atomic E-state index is 0.486. The van der Waals surface area contributed by atoms with Crippen molar-refractivity contribution in [2.75, 3.05) is 39.5 Å². The monoisotopic (exact) mass is 368 g/mol. The van der Waals surface area contributed by atoms with Gasteiger partial charge in [-0.25, -0.2) is 0 Å². The highest BCUT2D eigenvalue weighted by Crippen LogP contribution is 2.40. The van der Waals surface area contributed by atoms with Crippen molar-refractivity contribution < 1.29 is 9.47 Å². The van der Waals surface area contributed by atoms with Crippen molar-refractivity contribution in [1.82, 2.24) is 9.62 Å². The van der Waals surface area contributed by atoms with Gasteiger partial charge in [0.25, 0.3) is 0 Å². The van der Waals surface area contributed by atoms with Crippen LogP contribution in [-0.4, -0.2) is 61.8 Å². The van der Waals surface area contributed by atoms with Crippen LogP contribution in [0.2, 0.25) is 0 Å². The fourth-order valence-electron chi connectivity index (χ4n) is 5.23. The van der Waals surface area contributed by atoms with Crippen molar-refractivity contribution in [1.29, 1.82) is 0 Å². The Morgan fingerprint density at radius 2 is 1.84 bits per heavy atom. The lowest BCUT2D eigenvalue weighted by molar-refractivity contribution is -0.0191. The van der Waals surface area contributed by atoms with Gasteiger partial charge >= 0.3 is 0 Å². The van der Waals surface area contributed by atoms with Gasteiger partial charge in [0.15, 0.2) is 0 Å². The molecular weight excluding hydrogens is 332 g/mol. The Balaban J connectivity index is 1.42. The molecule has 5 heteroatoms. The molecule has 1 N–H and O–H groups in total. The largest absolute Gasteiger partial charge is 0.380 e. The van der Waals surface area contributed by atoms with E-state index < -0.39 is 0 Å². The third-order valence-electron chi connectivity index (χ3n) is 6.85. The molecule has 2 bridgehead atoms. The molecule has 4 fully saturated rings. The Labute approximate surface area is 157 Å². The van der Waals surface area contributed by atoms with E-state index in [1.165, 1.54) is 70.9 Å². The highest BCUT2D eigenvalue weighted by Gasteiger charge is 2.39. The molecule has 0 amide bonds. The predicted molar refractivity (Wildman–Crippen MR) is 104 cm³/mol. The van der Waals surface area contributed by atoms with Crippen LogP contribution in [-0.2, 0) is 9.47 Å². The first-order valence-corrected chi connectivity index (χ1v) is 11.6. The van der Waals surface area contributed by atoms with Crippen LogP contribution in [0.5, 0.6) is 0 Å². The van der Waals surface area contributed by atoms with Crippen LogP contribution in [0.15, 0.2) is 0 Å². The third-order valence-corrected chi connectivity index (χ3v) is 7.99. The minimum absolute atomic E-state index is 0.486. The van der Waals surface area contributed by atoms with Crippen molar-refractivity contribution in [3.05, 3.63) is 0 Å². The average Bonchev–Trinajstić information content (AvgIpc) is 2.81. The maximum absolute atomic E-state index is 6.25. The molecule has 4 nitrogen and oxygen atoms in total. The highest BCUT2D eigenvalue weighted by molar-refractivity contribution is 7.98. The Hall–Kier alpha value is 0.190. The fourth-order valence-corrected chi connectivity index (χ4v) is 6.21. The summed E-state index contributed by atoms with van der Waals surface area (Å²) in [4.78, 5) is 2.84. The van der Waals surface area contributed by atoms with E-state index in [0.29, 0.717) is 12.1 Å². The summed E-state index contributed by atoms with van der Waals surface area (Å²) < 4.78 is 15.6. The van der Waals surface area contributed by atoms with E-state index in [9.17, 15) is 0 Å². The zero-order chi connectivity index (χ0) is 16.9. The van der Waals surface area contributed by atoms with Gasteiger partial charge in [0.1, 0.15) is 0 Å². The maximum atomic E-state index is 6.25. The zero-order valence-corrected chi connectivity index (χ0v) is 16.5. The Morgan fingerprint density at radius 3 is 2.76 bits per heavy atom. The maximum Gasteiger partial charge on any atom is 0.0731 e. The lowest BCUT2D eigenvalue weighted by Gasteiger charge is -2.45. The molecule has 25 heavy (non-hydrogen) atoms. The molecule has 4 aliphatic rings. The van der Waals surface area contributed by atoms with Gasteiger partial charge in [0, 0.05) is 44.1 Å². The highest BCUT2D eigenvalue weighted by atomic mass is 32.2. The lowest BCUT2D eigenvalue weighted by Crippen LogP contribution is -2.51. The number of hydrogen-bond donors (Lipinski definition) is 1. The van der Waals surface area contributed by atoms with Crippen LogP contribution in [0, 0.1) is 11.8 Å². The van der Waals surface area contributed by atoms with Gasteiger partial charge in [-0.05, 0) is 56.8 Å². The van der Waals surface area contributed by atoms with Crippen molar-refractivity contribution in [2.45, 2.75) is 75.2 Å². The Kier molecular flexibility index (Phi) is 6.98. The van der Waals surface area contributed by atoms with Crippen LogP contribution in [0.25, 0.3) is 0 Å². The zero-order valence-electron chi connectivity index (χ0n) is 15.7. The molecule has 5 unspecified atom stereocenters. The topological polar surface area (TPSA) is 33.7 Å². The molecule has 4 rings (SSSR count). The van der Waals surface area contributed by atoms with Crippen molar-refractivity contribution in [3.8, 4) is 0 Å². The average molecular weight is 369 g/mol. The first-order valence-electron chi connectivity index (χ1n) is 10.7. The number of nitrogens with one attached hydrogen (secondary N) is 1. The molecular formula is C20H36N2O2S. The van der Waals surface area contributed by atoms with Gasteiger partial charge in [-0.3, -0.25) is 9.62 Å². The quantitative estimate of drug-likeness (QED) is 0.662. The summed E-state index contributed by atoms with van der Waals surface area (Å²) in [6, 6.07) is 0.654. The van der Waals surface area contributed by atoms with E-state index in [1.54, 1.807) is 0 Å². The van der Waals surface area contributed by atoms with E-state index in [4.69, 9.17) is 9.47 Å². The summed E-state index contributed by atoms with van der Waals surface area (Å²) in [5.74, 6) is 1.92. The van der Waals surface area contributed by atoms with Gasteiger partial charge in [-0.1, -0.05) is 24.8 Å². The molecule has 2 heterocycles. The van der Waals surface area contributed by atoms with E-state index in [0.717, 1.165) is 43.5 Å². The van der Waals surface area contributed by atoms with E-state index >= 15 is 0 Å². The number of ether oxygens (including phenoxy) is 2. The molecule has 2 aliphatic carbocycles. The van der Waals surface area contributed by atoms with Crippen LogP contribution in [0.3, 0.4) is 0 Å². The van der Waals surface area contributed by atoms with Crippen LogP contribution in [0.1, 0.15) is 57.8 Å². The number of hydrogen-bond acceptors (Lipinski definition) is 5. The number of rotatable bonds is 0. The second kappa shape index (κ2) is 9.41. The molecule has 0 spiro atoms. The molecule has 5 atom stereocenters. The number of fused-ring (bicyclic) bond motifs is 2. The van der Waals surface area contributed by atoms with Gasteiger partial charge in [0.2, 0.25) is 0 Å². The van der Waals surface area contributed by atoms with Crippen LogP contribution in [0.4, 0.5) is 0 Å². The van der Waals surface area contributed by atoms with Crippen LogP contribution < -0.4 is 4.72 Å². The van der Waals surface area contributed by atoms with Gasteiger partial charge in [-0.2, -0.15) is 0 Å². The molecule has 0 radical (unpaired) electrons. The summed E-state index contributed by atoms with van der Waals surface area (Å²) in [6.07, 6.45) is 12.5. The van der Waals surface area contributed by atoms with E-state index in [-0.39, 0.29) is 0 Å². The van der Waals surface area contributed by atoms with E-state index in [1.807, 2.05) is 11.9 Å². The van der Waals surface area contributed by atoms with Gasteiger partial charge in [-0.15, -0.1) is 0 Å². The standard InChI is InChI=1S/C20H36N2O2S/c1-2-11-23-13-9-21-25-18-7-8-20-19(14-18)22(10-3-12-24-20)15-17-6-5-16(17)4-1/h16-21H,1-15H2. The molecule has 0 aromatic heterocycles. The molecule has 2 saturated carbocycles. The molecule has 144 valence electrons. The Morgan fingerprint density at radius 1 is 0.880 bits per heavy atom. The number of nitrogens with zero attached hydrogens (tertiary/aromatic N) is 1. The molecule has 2 aliphatic heterocycles. The molecule has 0 aromatic carbocycles. The van der Waals surface area contributed by atoms with E-state index in [2.05, 4.69) is 9.62 Å². The minimum Gasteiger partial charge on any atom is -0.380 e. The van der Waals surface area contributed by atoms with Crippen molar-refractivity contribution >= 4 is 11.9 Å².